The number of rotatable bonds is 3. The minimum absolute atomic E-state index is 0.0196. The fourth-order valence-corrected chi connectivity index (χ4v) is 2.01. The molecule has 1 aliphatic rings. The highest BCUT2D eigenvalue weighted by Gasteiger charge is 2.14. The minimum Gasteiger partial charge on any atom is -0.379 e. The van der Waals surface area contributed by atoms with Crippen molar-refractivity contribution >= 4 is 5.91 Å². The Hall–Kier alpha value is -1.39. The molecule has 1 aromatic carbocycles. The van der Waals surface area contributed by atoms with Crippen LogP contribution in [0.5, 0.6) is 0 Å². The van der Waals surface area contributed by atoms with Crippen molar-refractivity contribution < 1.29 is 9.53 Å². The Bertz CT molecular complexity index is 387. The Kier molecular flexibility index (Phi) is 4.12. The summed E-state index contributed by atoms with van der Waals surface area (Å²) in [5.41, 5.74) is 1.84. The Balaban J connectivity index is 2.11. The maximum atomic E-state index is 11.7. The fraction of sp³-hybridized carbons (Fsp3) is 0.462. The molecule has 0 saturated carbocycles. The predicted octanol–water partition coefficient (Wildman–Crippen LogP) is 0.878. The normalized spacial score (nSPS) is 16.8. The van der Waals surface area contributed by atoms with Crippen LogP contribution in [0, 0.1) is 0 Å². The van der Waals surface area contributed by atoms with Gasteiger partial charge in [0.05, 0.1) is 13.2 Å². The molecule has 1 aromatic rings. The van der Waals surface area contributed by atoms with Gasteiger partial charge in [0.25, 0.3) is 5.91 Å². The van der Waals surface area contributed by atoms with Crippen molar-refractivity contribution in [3.05, 3.63) is 35.4 Å². The first-order valence-corrected chi connectivity index (χ1v) is 5.91. The van der Waals surface area contributed by atoms with Crippen molar-refractivity contribution in [3.63, 3.8) is 0 Å². The summed E-state index contributed by atoms with van der Waals surface area (Å²) in [5.74, 6) is -0.0196. The molecule has 4 heteroatoms. The Morgan fingerprint density at radius 1 is 1.35 bits per heavy atom. The number of morpholine rings is 1. The van der Waals surface area contributed by atoms with Crippen LogP contribution in [0.4, 0.5) is 0 Å². The Morgan fingerprint density at radius 3 is 2.76 bits per heavy atom. The van der Waals surface area contributed by atoms with Crippen molar-refractivity contribution in [3.8, 4) is 0 Å². The van der Waals surface area contributed by atoms with Crippen molar-refractivity contribution in [1.29, 1.82) is 0 Å². The van der Waals surface area contributed by atoms with Gasteiger partial charge < -0.3 is 10.1 Å². The average molecular weight is 234 g/mol. The zero-order chi connectivity index (χ0) is 12.1. The second kappa shape index (κ2) is 5.80. The lowest BCUT2D eigenvalue weighted by atomic mass is 10.1. The summed E-state index contributed by atoms with van der Waals surface area (Å²) in [4.78, 5) is 14.0. The molecule has 4 nitrogen and oxygen atoms in total. The van der Waals surface area contributed by atoms with E-state index in [0.29, 0.717) is 0 Å². The first-order chi connectivity index (χ1) is 8.31. The molecule has 0 spiro atoms. The van der Waals surface area contributed by atoms with E-state index in [2.05, 4.69) is 10.2 Å². The minimum atomic E-state index is -0.0196. The molecule has 0 atom stereocenters. The quantitative estimate of drug-likeness (QED) is 0.844. The van der Waals surface area contributed by atoms with E-state index in [9.17, 15) is 4.79 Å². The highest BCUT2D eigenvalue weighted by Crippen LogP contribution is 2.12. The van der Waals surface area contributed by atoms with E-state index in [4.69, 9.17) is 4.74 Å². The second-order valence-electron chi connectivity index (χ2n) is 4.12. The molecule has 1 amide bonds. The first-order valence-electron chi connectivity index (χ1n) is 5.91. The van der Waals surface area contributed by atoms with E-state index in [0.717, 1.165) is 44.0 Å². The van der Waals surface area contributed by atoms with Gasteiger partial charge in [-0.1, -0.05) is 18.2 Å². The van der Waals surface area contributed by atoms with E-state index >= 15 is 0 Å². The summed E-state index contributed by atoms with van der Waals surface area (Å²) < 4.78 is 5.32. The van der Waals surface area contributed by atoms with Crippen LogP contribution < -0.4 is 5.32 Å². The van der Waals surface area contributed by atoms with Gasteiger partial charge in [-0.05, 0) is 11.6 Å². The molecule has 0 aliphatic carbocycles. The predicted molar refractivity (Wildman–Crippen MR) is 65.9 cm³/mol. The molecule has 17 heavy (non-hydrogen) atoms. The van der Waals surface area contributed by atoms with Gasteiger partial charge in [0.1, 0.15) is 0 Å². The zero-order valence-corrected chi connectivity index (χ0v) is 10.1. The standard InChI is InChI=1S/C13H18N2O2/c1-14-13(16)12-5-3-2-4-11(12)10-15-6-8-17-9-7-15/h2-5H,6-10H2,1H3,(H,14,16). The van der Waals surface area contributed by atoms with E-state index in [1.807, 2.05) is 24.3 Å². The lowest BCUT2D eigenvalue weighted by molar-refractivity contribution is 0.0341. The Labute approximate surface area is 102 Å². The first kappa shape index (κ1) is 12.1. The fourth-order valence-electron chi connectivity index (χ4n) is 2.01. The highest BCUT2D eigenvalue weighted by atomic mass is 16.5. The topological polar surface area (TPSA) is 41.6 Å². The summed E-state index contributed by atoms with van der Waals surface area (Å²) in [6, 6.07) is 7.75. The molecule has 1 saturated heterocycles. The number of benzene rings is 1. The third kappa shape index (κ3) is 3.05. The van der Waals surface area contributed by atoms with Crippen LogP contribution in [0.2, 0.25) is 0 Å². The molecule has 1 fully saturated rings. The number of hydrogen-bond donors (Lipinski definition) is 1. The average Bonchev–Trinajstić information content (AvgIpc) is 2.40. The van der Waals surface area contributed by atoms with Crippen LogP contribution in [-0.4, -0.2) is 44.2 Å². The van der Waals surface area contributed by atoms with Crippen LogP contribution in [0.25, 0.3) is 0 Å². The maximum absolute atomic E-state index is 11.7. The monoisotopic (exact) mass is 234 g/mol. The molecule has 1 N–H and O–H groups in total. The van der Waals surface area contributed by atoms with Crippen molar-refractivity contribution in [2.45, 2.75) is 6.54 Å². The number of nitrogens with one attached hydrogen (secondary N) is 1. The third-order valence-electron chi connectivity index (χ3n) is 2.99. The molecule has 1 aliphatic heterocycles. The zero-order valence-electron chi connectivity index (χ0n) is 10.1. The lowest BCUT2D eigenvalue weighted by Gasteiger charge is -2.27. The van der Waals surface area contributed by atoms with Crippen molar-refractivity contribution in [1.82, 2.24) is 10.2 Å². The van der Waals surface area contributed by atoms with Gasteiger partial charge in [-0.15, -0.1) is 0 Å². The van der Waals surface area contributed by atoms with Gasteiger partial charge in [-0.2, -0.15) is 0 Å². The van der Waals surface area contributed by atoms with Crippen LogP contribution in [0.1, 0.15) is 15.9 Å². The van der Waals surface area contributed by atoms with Crippen molar-refractivity contribution in [2.24, 2.45) is 0 Å². The molecule has 0 unspecified atom stereocenters. The van der Waals surface area contributed by atoms with Gasteiger partial charge in [-0.25, -0.2) is 0 Å². The summed E-state index contributed by atoms with van der Waals surface area (Å²) in [7, 11) is 1.66. The van der Waals surface area contributed by atoms with E-state index in [1.165, 1.54) is 0 Å². The molecular weight excluding hydrogens is 216 g/mol. The maximum Gasteiger partial charge on any atom is 0.251 e. The second-order valence-corrected chi connectivity index (χ2v) is 4.12. The Morgan fingerprint density at radius 2 is 2.06 bits per heavy atom. The molecule has 92 valence electrons. The van der Waals surface area contributed by atoms with Gasteiger partial charge in [0.2, 0.25) is 0 Å². The van der Waals surface area contributed by atoms with Crippen LogP contribution in [-0.2, 0) is 11.3 Å². The van der Waals surface area contributed by atoms with Crippen molar-refractivity contribution in [2.75, 3.05) is 33.4 Å². The number of carbonyl (C=O) groups excluding carboxylic acids is 1. The van der Waals surface area contributed by atoms with E-state index in [-0.39, 0.29) is 5.91 Å². The SMILES string of the molecule is CNC(=O)c1ccccc1CN1CCOCC1. The summed E-state index contributed by atoms with van der Waals surface area (Å²) in [6.45, 7) is 4.24. The van der Waals surface area contributed by atoms with Crippen LogP contribution in [0.3, 0.4) is 0 Å². The summed E-state index contributed by atoms with van der Waals surface area (Å²) in [6.07, 6.45) is 0. The number of amides is 1. The molecule has 0 aromatic heterocycles. The molecule has 0 radical (unpaired) electrons. The van der Waals surface area contributed by atoms with E-state index in [1.54, 1.807) is 7.05 Å². The summed E-state index contributed by atoms with van der Waals surface area (Å²) >= 11 is 0. The summed E-state index contributed by atoms with van der Waals surface area (Å²) in [5, 5.41) is 2.68. The smallest absolute Gasteiger partial charge is 0.251 e. The lowest BCUT2D eigenvalue weighted by Crippen LogP contribution is -2.36. The number of nitrogens with zero attached hydrogens (tertiary/aromatic N) is 1. The van der Waals surface area contributed by atoms with Gasteiger partial charge in [0, 0.05) is 32.2 Å². The third-order valence-corrected chi connectivity index (χ3v) is 2.99. The van der Waals surface area contributed by atoms with Gasteiger partial charge in [0.15, 0.2) is 0 Å². The van der Waals surface area contributed by atoms with Crippen LogP contribution in [0.15, 0.2) is 24.3 Å². The molecule has 2 rings (SSSR count). The number of carbonyl (C=O) groups is 1. The van der Waals surface area contributed by atoms with Crippen LogP contribution >= 0.6 is 0 Å². The largest absolute Gasteiger partial charge is 0.379 e. The van der Waals surface area contributed by atoms with Gasteiger partial charge in [-0.3, -0.25) is 9.69 Å². The number of hydrogen-bond acceptors (Lipinski definition) is 3. The molecule has 1 heterocycles. The van der Waals surface area contributed by atoms with E-state index < -0.39 is 0 Å². The molecular formula is C13H18N2O2. The highest BCUT2D eigenvalue weighted by molar-refractivity contribution is 5.95. The molecule has 0 bridgehead atoms. The number of ether oxygens (including phenoxy) is 1. The van der Waals surface area contributed by atoms with Gasteiger partial charge >= 0.3 is 0 Å².